The molecule has 0 unspecified atom stereocenters. The molecule has 19 heavy (non-hydrogen) atoms. The van der Waals surface area contributed by atoms with Crippen molar-refractivity contribution in [3.8, 4) is 0 Å². The van der Waals surface area contributed by atoms with E-state index in [1.165, 1.54) is 5.56 Å². The maximum Gasteiger partial charge on any atom is 0.252 e. The summed E-state index contributed by atoms with van der Waals surface area (Å²) in [5.74, 6) is 0.0591. The van der Waals surface area contributed by atoms with Crippen LogP contribution in [0.3, 0.4) is 0 Å². The van der Waals surface area contributed by atoms with Crippen molar-refractivity contribution >= 4 is 12.0 Å². The first kappa shape index (κ1) is 12.4. The van der Waals surface area contributed by atoms with Gasteiger partial charge in [0.2, 0.25) is 0 Å². The average Bonchev–Trinajstić information content (AvgIpc) is 2.89. The number of nitrogens with two attached hydrogens (primary N) is 1. The highest BCUT2D eigenvalue weighted by Gasteiger charge is 2.22. The maximum atomic E-state index is 12.4. The summed E-state index contributed by atoms with van der Waals surface area (Å²) in [6.45, 7) is 0. The van der Waals surface area contributed by atoms with Crippen molar-refractivity contribution in [1.29, 1.82) is 0 Å². The SMILES string of the molecule is NC1CCC(NC(=O)c2cccc3c2C=CC3)CC1. The van der Waals surface area contributed by atoms with Crippen molar-refractivity contribution < 1.29 is 4.79 Å². The Kier molecular flexibility index (Phi) is 3.38. The molecule has 1 fully saturated rings. The van der Waals surface area contributed by atoms with Crippen LogP contribution >= 0.6 is 0 Å². The normalized spacial score (nSPS) is 25.1. The second-order valence-corrected chi connectivity index (χ2v) is 5.57. The topological polar surface area (TPSA) is 55.1 Å². The Morgan fingerprint density at radius 1 is 1.21 bits per heavy atom. The van der Waals surface area contributed by atoms with E-state index in [2.05, 4.69) is 23.5 Å². The first-order valence-electron chi connectivity index (χ1n) is 7.09. The Bertz CT molecular complexity index is 513. The van der Waals surface area contributed by atoms with E-state index in [1.807, 2.05) is 12.1 Å². The fraction of sp³-hybridized carbons (Fsp3) is 0.438. The molecule has 0 bridgehead atoms. The largest absolute Gasteiger partial charge is 0.349 e. The van der Waals surface area contributed by atoms with Crippen molar-refractivity contribution in [2.75, 3.05) is 0 Å². The number of nitrogens with one attached hydrogen (secondary N) is 1. The average molecular weight is 256 g/mol. The van der Waals surface area contributed by atoms with Gasteiger partial charge in [-0.25, -0.2) is 0 Å². The summed E-state index contributed by atoms with van der Waals surface area (Å²) in [5, 5.41) is 3.16. The zero-order valence-electron chi connectivity index (χ0n) is 11.1. The minimum absolute atomic E-state index is 0.0591. The summed E-state index contributed by atoms with van der Waals surface area (Å²) in [6.07, 6.45) is 9.13. The third kappa shape index (κ3) is 2.56. The minimum atomic E-state index is 0.0591. The van der Waals surface area contributed by atoms with Crippen molar-refractivity contribution in [1.82, 2.24) is 5.32 Å². The number of rotatable bonds is 2. The van der Waals surface area contributed by atoms with Gasteiger partial charge in [0, 0.05) is 17.6 Å². The van der Waals surface area contributed by atoms with Gasteiger partial charge in [0.1, 0.15) is 0 Å². The van der Waals surface area contributed by atoms with Gasteiger partial charge < -0.3 is 11.1 Å². The summed E-state index contributed by atoms with van der Waals surface area (Å²) in [7, 11) is 0. The molecule has 0 heterocycles. The van der Waals surface area contributed by atoms with Crippen molar-refractivity contribution in [2.45, 2.75) is 44.2 Å². The first-order valence-corrected chi connectivity index (χ1v) is 7.09. The molecule has 0 aromatic heterocycles. The monoisotopic (exact) mass is 256 g/mol. The molecule has 0 saturated heterocycles. The molecule has 1 amide bonds. The number of carbonyl (C=O) groups is 1. The number of fused-ring (bicyclic) bond motifs is 1. The van der Waals surface area contributed by atoms with Crippen LogP contribution in [0.25, 0.3) is 6.08 Å². The number of benzene rings is 1. The zero-order chi connectivity index (χ0) is 13.2. The minimum Gasteiger partial charge on any atom is -0.349 e. The summed E-state index contributed by atoms with van der Waals surface area (Å²) in [6, 6.07) is 6.58. The molecule has 0 aliphatic heterocycles. The van der Waals surface area contributed by atoms with E-state index in [0.29, 0.717) is 6.04 Å². The quantitative estimate of drug-likeness (QED) is 0.852. The zero-order valence-corrected chi connectivity index (χ0v) is 11.1. The Hall–Kier alpha value is -1.61. The van der Waals surface area contributed by atoms with E-state index >= 15 is 0 Å². The predicted molar refractivity (Wildman–Crippen MR) is 76.9 cm³/mol. The third-order valence-electron chi connectivity index (χ3n) is 4.17. The fourth-order valence-electron chi connectivity index (χ4n) is 3.02. The van der Waals surface area contributed by atoms with E-state index in [0.717, 1.165) is 43.2 Å². The van der Waals surface area contributed by atoms with Crippen LogP contribution < -0.4 is 11.1 Å². The molecular weight excluding hydrogens is 236 g/mol. The van der Waals surface area contributed by atoms with Crippen LogP contribution in [0, 0.1) is 0 Å². The van der Waals surface area contributed by atoms with Gasteiger partial charge in [0.25, 0.3) is 5.91 Å². The van der Waals surface area contributed by atoms with E-state index in [1.54, 1.807) is 0 Å². The highest BCUT2D eigenvalue weighted by molar-refractivity contribution is 5.99. The number of hydrogen-bond donors (Lipinski definition) is 2. The van der Waals surface area contributed by atoms with Crippen LogP contribution in [0.2, 0.25) is 0 Å². The summed E-state index contributed by atoms with van der Waals surface area (Å²) >= 11 is 0. The lowest BCUT2D eigenvalue weighted by Crippen LogP contribution is -2.40. The van der Waals surface area contributed by atoms with Crippen LogP contribution in [0.4, 0.5) is 0 Å². The highest BCUT2D eigenvalue weighted by Crippen LogP contribution is 2.24. The van der Waals surface area contributed by atoms with Crippen LogP contribution in [0.5, 0.6) is 0 Å². The van der Waals surface area contributed by atoms with Crippen LogP contribution in [-0.4, -0.2) is 18.0 Å². The molecule has 100 valence electrons. The molecule has 1 aromatic carbocycles. The van der Waals surface area contributed by atoms with Gasteiger partial charge in [-0.15, -0.1) is 0 Å². The van der Waals surface area contributed by atoms with E-state index < -0.39 is 0 Å². The number of amides is 1. The van der Waals surface area contributed by atoms with Gasteiger partial charge in [-0.2, -0.15) is 0 Å². The molecule has 2 aliphatic rings. The summed E-state index contributed by atoms with van der Waals surface area (Å²) in [5.41, 5.74) is 9.04. The van der Waals surface area contributed by atoms with Gasteiger partial charge in [-0.1, -0.05) is 24.3 Å². The lowest BCUT2D eigenvalue weighted by Gasteiger charge is -2.27. The molecule has 0 radical (unpaired) electrons. The molecule has 1 aromatic rings. The van der Waals surface area contributed by atoms with Crippen LogP contribution in [-0.2, 0) is 6.42 Å². The molecule has 3 rings (SSSR count). The van der Waals surface area contributed by atoms with Crippen LogP contribution in [0.15, 0.2) is 24.3 Å². The van der Waals surface area contributed by atoms with E-state index in [4.69, 9.17) is 5.73 Å². The molecule has 3 nitrogen and oxygen atoms in total. The van der Waals surface area contributed by atoms with Gasteiger partial charge in [0.15, 0.2) is 0 Å². The molecule has 1 saturated carbocycles. The Morgan fingerprint density at radius 3 is 2.79 bits per heavy atom. The van der Waals surface area contributed by atoms with E-state index in [9.17, 15) is 4.79 Å². The first-order chi connectivity index (χ1) is 9.24. The number of carbonyl (C=O) groups excluding carboxylic acids is 1. The Balaban J connectivity index is 1.71. The smallest absolute Gasteiger partial charge is 0.252 e. The molecule has 3 heteroatoms. The van der Waals surface area contributed by atoms with Gasteiger partial charge in [0.05, 0.1) is 0 Å². The van der Waals surface area contributed by atoms with Crippen LogP contribution in [0.1, 0.15) is 47.2 Å². The fourth-order valence-corrected chi connectivity index (χ4v) is 3.02. The molecule has 2 aliphatic carbocycles. The predicted octanol–water partition coefficient (Wildman–Crippen LogP) is 2.26. The van der Waals surface area contributed by atoms with Gasteiger partial charge in [-0.05, 0) is 49.3 Å². The Morgan fingerprint density at radius 2 is 2.00 bits per heavy atom. The molecule has 0 atom stereocenters. The third-order valence-corrected chi connectivity index (χ3v) is 4.17. The lowest BCUT2D eigenvalue weighted by atomic mass is 9.91. The highest BCUT2D eigenvalue weighted by atomic mass is 16.1. The van der Waals surface area contributed by atoms with Crippen molar-refractivity contribution in [3.63, 3.8) is 0 Å². The summed E-state index contributed by atoms with van der Waals surface area (Å²) in [4.78, 5) is 12.4. The maximum absolute atomic E-state index is 12.4. The molecular formula is C16H20N2O. The van der Waals surface area contributed by atoms with Gasteiger partial charge in [-0.3, -0.25) is 4.79 Å². The van der Waals surface area contributed by atoms with E-state index in [-0.39, 0.29) is 11.9 Å². The Labute approximate surface area is 113 Å². The number of hydrogen-bond acceptors (Lipinski definition) is 2. The van der Waals surface area contributed by atoms with Gasteiger partial charge >= 0.3 is 0 Å². The second-order valence-electron chi connectivity index (χ2n) is 5.57. The second kappa shape index (κ2) is 5.17. The lowest BCUT2D eigenvalue weighted by molar-refractivity contribution is 0.0925. The molecule has 3 N–H and O–H groups in total. The summed E-state index contributed by atoms with van der Waals surface area (Å²) < 4.78 is 0. The van der Waals surface area contributed by atoms with Crippen molar-refractivity contribution in [3.05, 3.63) is 41.0 Å². The standard InChI is InChI=1S/C16H20N2O/c17-12-7-9-13(10-8-12)18-16(19)15-6-2-4-11-3-1-5-14(11)15/h1-2,4-6,12-13H,3,7-10,17H2,(H,18,19). The van der Waals surface area contributed by atoms with Crippen molar-refractivity contribution in [2.24, 2.45) is 5.73 Å². The molecule has 0 spiro atoms. The number of allylic oxidation sites excluding steroid dienone is 1.